The topological polar surface area (TPSA) is 55.2 Å². The highest BCUT2D eigenvalue weighted by Crippen LogP contribution is 2.24. The van der Waals surface area contributed by atoms with E-state index in [0.717, 1.165) is 31.7 Å². The van der Waals surface area contributed by atoms with Gasteiger partial charge >= 0.3 is 5.69 Å². The van der Waals surface area contributed by atoms with Gasteiger partial charge in [0.05, 0.1) is 4.92 Å². The van der Waals surface area contributed by atoms with E-state index in [0.29, 0.717) is 18.0 Å². The lowest BCUT2D eigenvalue weighted by Crippen LogP contribution is -2.28. The second-order valence-electron chi connectivity index (χ2n) is 5.84. The molecule has 1 aliphatic carbocycles. The minimum atomic E-state index is -1.13. The first-order valence-electron chi connectivity index (χ1n) is 7.33. The Balaban J connectivity index is 2.02. The van der Waals surface area contributed by atoms with Crippen molar-refractivity contribution in [1.29, 1.82) is 0 Å². The Morgan fingerprint density at radius 1 is 1.24 bits per heavy atom. The van der Waals surface area contributed by atoms with Crippen LogP contribution in [0.3, 0.4) is 0 Å². The van der Waals surface area contributed by atoms with Crippen molar-refractivity contribution >= 4 is 5.69 Å². The van der Waals surface area contributed by atoms with Gasteiger partial charge < -0.3 is 5.32 Å². The minimum Gasteiger partial charge on any atom is -0.310 e. The summed E-state index contributed by atoms with van der Waals surface area (Å²) >= 11 is 0. The number of halogens is 2. The number of hydrogen-bond donors (Lipinski definition) is 1. The van der Waals surface area contributed by atoms with E-state index in [1.807, 2.05) is 0 Å². The molecule has 0 radical (unpaired) electrons. The third-order valence-electron chi connectivity index (χ3n) is 4.15. The lowest BCUT2D eigenvalue weighted by atomic mass is 10.0. The Morgan fingerprint density at radius 3 is 2.71 bits per heavy atom. The number of nitro groups is 1. The Hall–Kier alpha value is -1.56. The van der Waals surface area contributed by atoms with Crippen molar-refractivity contribution in [1.82, 2.24) is 5.32 Å². The van der Waals surface area contributed by atoms with Crippen molar-refractivity contribution in [2.45, 2.75) is 51.6 Å². The van der Waals surface area contributed by atoms with Crippen LogP contribution in [0.15, 0.2) is 12.1 Å². The van der Waals surface area contributed by atoms with Crippen LogP contribution in [0.5, 0.6) is 0 Å². The molecule has 1 fully saturated rings. The van der Waals surface area contributed by atoms with E-state index in [1.54, 1.807) is 0 Å². The molecule has 116 valence electrons. The first-order valence-corrected chi connectivity index (χ1v) is 7.33. The summed E-state index contributed by atoms with van der Waals surface area (Å²) in [4.78, 5) is 9.87. The summed E-state index contributed by atoms with van der Waals surface area (Å²) in [5.74, 6) is -1.17. The number of nitrogens with one attached hydrogen (secondary N) is 1. The van der Waals surface area contributed by atoms with Crippen molar-refractivity contribution in [3.63, 3.8) is 0 Å². The fraction of sp³-hybridized carbons (Fsp3) is 0.600. The van der Waals surface area contributed by atoms with Gasteiger partial charge in [-0.3, -0.25) is 10.1 Å². The molecule has 1 saturated carbocycles. The molecular formula is C15H20F2N2O2. The summed E-state index contributed by atoms with van der Waals surface area (Å²) in [7, 11) is 0. The minimum absolute atomic E-state index is 0.139. The summed E-state index contributed by atoms with van der Waals surface area (Å²) in [6.45, 7) is 2.41. The van der Waals surface area contributed by atoms with Crippen LogP contribution in [0.4, 0.5) is 14.5 Å². The predicted molar refractivity (Wildman–Crippen MR) is 75.9 cm³/mol. The van der Waals surface area contributed by atoms with E-state index in [-0.39, 0.29) is 12.1 Å². The van der Waals surface area contributed by atoms with Crippen LogP contribution in [-0.2, 0) is 6.54 Å². The van der Waals surface area contributed by atoms with Gasteiger partial charge in [-0.05, 0) is 25.2 Å². The Bertz CT molecular complexity index is 523. The van der Waals surface area contributed by atoms with E-state index < -0.39 is 22.2 Å². The van der Waals surface area contributed by atoms with Crippen molar-refractivity contribution in [3.8, 4) is 0 Å². The molecule has 6 heteroatoms. The zero-order valence-corrected chi connectivity index (χ0v) is 12.1. The molecular weight excluding hydrogens is 278 g/mol. The molecule has 0 spiro atoms. The van der Waals surface area contributed by atoms with Crippen LogP contribution in [0, 0.1) is 27.7 Å². The second kappa shape index (κ2) is 6.93. The molecule has 4 nitrogen and oxygen atoms in total. The standard InChI is InChI=1S/C15H20F2N2O2/c1-10-3-2-4-12(6-5-10)18-9-11-7-15(19(20)21)14(17)8-13(11)16/h7-8,10,12,18H,2-6,9H2,1H3. The van der Waals surface area contributed by atoms with Gasteiger partial charge in [0, 0.05) is 30.3 Å². The molecule has 0 amide bonds. The van der Waals surface area contributed by atoms with Crippen LogP contribution >= 0.6 is 0 Å². The van der Waals surface area contributed by atoms with Gasteiger partial charge in [0.2, 0.25) is 5.82 Å². The predicted octanol–water partition coefficient (Wildman–Crippen LogP) is 3.93. The van der Waals surface area contributed by atoms with E-state index in [9.17, 15) is 18.9 Å². The molecule has 21 heavy (non-hydrogen) atoms. The average molecular weight is 298 g/mol. The van der Waals surface area contributed by atoms with Gasteiger partial charge in [-0.2, -0.15) is 4.39 Å². The van der Waals surface area contributed by atoms with E-state index in [1.165, 1.54) is 6.42 Å². The van der Waals surface area contributed by atoms with Gasteiger partial charge in [0.25, 0.3) is 0 Å². The SMILES string of the molecule is CC1CCCC(NCc2cc([N+](=O)[O-])c(F)cc2F)CC1. The highest BCUT2D eigenvalue weighted by atomic mass is 19.1. The van der Waals surface area contributed by atoms with E-state index in [2.05, 4.69) is 12.2 Å². The normalized spacial score (nSPS) is 22.8. The number of nitrogens with zero attached hydrogens (tertiary/aromatic N) is 1. The van der Waals surface area contributed by atoms with Crippen LogP contribution in [-0.4, -0.2) is 11.0 Å². The highest BCUT2D eigenvalue weighted by Gasteiger charge is 2.20. The largest absolute Gasteiger partial charge is 0.310 e. The maximum absolute atomic E-state index is 13.7. The summed E-state index contributed by atoms with van der Waals surface area (Å²) in [5.41, 5.74) is -0.539. The van der Waals surface area contributed by atoms with Crippen molar-refractivity contribution in [3.05, 3.63) is 39.4 Å². The average Bonchev–Trinajstić information content (AvgIpc) is 2.62. The number of rotatable bonds is 4. The van der Waals surface area contributed by atoms with Crippen molar-refractivity contribution in [2.24, 2.45) is 5.92 Å². The molecule has 0 saturated heterocycles. The van der Waals surface area contributed by atoms with Gasteiger partial charge in [0.15, 0.2) is 0 Å². The molecule has 1 aromatic carbocycles. The van der Waals surface area contributed by atoms with Crippen LogP contribution in [0.2, 0.25) is 0 Å². The zero-order chi connectivity index (χ0) is 15.4. The van der Waals surface area contributed by atoms with E-state index >= 15 is 0 Å². The molecule has 0 bridgehead atoms. The molecule has 1 aromatic rings. The summed E-state index contributed by atoms with van der Waals surface area (Å²) < 4.78 is 27.0. The summed E-state index contributed by atoms with van der Waals surface area (Å²) in [6, 6.07) is 1.86. The molecule has 1 N–H and O–H groups in total. The second-order valence-corrected chi connectivity index (χ2v) is 5.84. The molecule has 1 aliphatic rings. The zero-order valence-electron chi connectivity index (χ0n) is 12.1. The number of nitro benzene ring substituents is 1. The summed E-state index contributed by atoms with van der Waals surface area (Å²) in [5, 5.41) is 13.9. The molecule has 0 aliphatic heterocycles. The molecule has 2 rings (SSSR count). The number of benzene rings is 1. The first-order chi connectivity index (χ1) is 9.97. The quantitative estimate of drug-likeness (QED) is 0.520. The highest BCUT2D eigenvalue weighted by molar-refractivity contribution is 5.37. The third kappa shape index (κ3) is 4.20. The van der Waals surface area contributed by atoms with E-state index in [4.69, 9.17) is 0 Å². The third-order valence-corrected chi connectivity index (χ3v) is 4.15. The van der Waals surface area contributed by atoms with Gasteiger partial charge in [-0.1, -0.05) is 19.8 Å². The van der Waals surface area contributed by atoms with Crippen LogP contribution in [0.25, 0.3) is 0 Å². The van der Waals surface area contributed by atoms with Gasteiger partial charge in [-0.15, -0.1) is 0 Å². The monoisotopic (exact) mass is 298 g/mol. The van der Waals surface area contributed by atoms with Gasteiger partial charge in [0.1, 0.15) is 5.82 Å². The van der Waals surface area contributed by atoms with Crippen molar-refractivity contribution in [2.75, 3.05) is 0 Å². The Labute approximate surface area is 122 Å². The Morgan fingerprint density at radius 2 is 2.00 bits per heavy atom. The van der Waals surface area contributed by atoms with Crippen molar-refractivity contribution < 1.29 is 13.7 Å². The Kier molecular flexibility index (Phi) is 5.22. The molecule has 2 unspecified atom stereocenters. The fourth-order valence-electron chi connectivity index (χ4n) is 2.80. The van der Waals surface area contributed by atoms with Gasteiger partial charge in [-0.25, -0.2) is 4.39 Å². The maximum Gasteiger partial charge on any atom is 0.305 e. The lowest BCUT2D eigenvalue weighted by molar-refractivity contribution is -0.387. The van der Waals surface area contributed by atoms with Crippen LogP contribution < -0.4 is 5.32 Å². The smallest absolute Gasteiger partial charge is 0.305 e. The lowest BCUT2D eigenvalue weighted by Gasteiger charge is -2.16. The number of hydrogen-bond acceptors (Lipinski definition) is 3. The summed E-state index contributed by atoms with van der Waals surface area (Å²) in [6.07, 6.45) is 5.50. The first kappa shape index (κ1) is 15.8. The van der Waals surface area contributed by atoms with Crippen LogP contribution in [0.1, 0.15) is 44.6 Å². The maximum atomic E-state index is 13.7. The molecule has 0 aromatic heterocycles. The molecule has 0 heterocycles. The fourth-order valence-corrected chi connectivity index (χ4v) is 2.80. The molecule has 2 atom stereocenters.